The molecule has 0 radical (unpaired) electrons. The van der Waals surface area contributed by atoms with Crippen molar-refractivity contribution >= 4 is 5.91 Å². The number of rotatable bonds is 4. The zero-order valence-corrected chi connectivity index (χ0v) is 11.1. The Morgan fingerprint density at radius 2 is 2.05 bits per heavy atom. The minimum Gasteiger partial charge on any atom is -0.387 e. The van der Waals surface area contributed by atoms with Crippen molar-refractivity contribution < 1.29 is 9.90 Å². The van der Waals surface area contributed by atoms with Gasteiger partial charge in [0.1, 0.15) is 0 Å². The van der Waals surface area contributed by atoms with Crippen molar-refractivity contribution in [2.75, 3.05) is 6.54 Å². The molecule has 4 atom stereocenters. The van der Waals surface area contributed by atoms with E-state index in [0.717, 1.165) is 17.9 Å². The number of amides is 1. The van der Waals surface area contributed by atoms with Crippen LogP contribution in [0.1, 0.15) is 37.4 Å². The Hall–Kier alpha value is -1.35. The minimum atomic E-state index is -0.608. The van der Waals surface area contributed by atoms with Crippen molar-refractivity contribution in [1.29, 1.82) is 0 Å². The molecule has 0 aromatic heterocycles. The summed E-state index contributed by atoms with van der Waals surface area (Å²) in [6.07, 6.45) is 4.20. The summed E-state index contributed by atoms with van der Waals surface area (Å²) in [7, 11) is 0. The quantitative estimate of drug-likeness (QED) is 0.871. The highest BCUT2D eigenvalue weighted by Crippen LogP contribution is 2.48. The molecule has 1 amide bonds. The van der Waals surface area contributed by atoms with Gasteiger partial charge in [0.05, 0.1) is 6.10 Å². The highest BCUT2D eigenvalue weighted by atomic mass is 16.3. The normalized spacial score (nSPS) is 30.3. The first-order chi connectivity index (χ1) is 9.24. The fraction of sp³-hybridized carbons (Fsp3) is 0.562. The lowest BCUT2D eigenvalue weighted by Crippen LogP contribution is -2.36. The smallest absolute Gasteiger partial charge is 0.223 e. The third-order valence-electron chi connectivity index (χ3n) is 4.73. The van der Waals surface area contributed by atoms with Gasteiger partial charge in [-0.2, -0.15) is 0 Å². The van der Waals surface area contributed by atoms with Crippen LogP contribution in [0.2, 0.25) is 0 Å². The van der Waals surface area contributed by atoms with Crippen molar-refractivity contribution in [3.05, 3.63) is 35.9 Å². The number of hydrogen-bond donors (Lipinski definition) is 2. The van der Waals surface area contributed by atoms with Gasteiger partial charge in [-0.05, 0) is 36.7 Å². The predicted molar refractivity (Wildman–Crippen MR) is 73.3 cm³/mol. The molecule has 1 aromatic carbocycles. The molecule has 2 bridgehead atoms. The summed E-state index contributed by atoms with van der Waals surface area (Å²) in [5.74, 6) is 1.71. The molecule has 0 aliphatic heterocycles. The maximum absolute atomic E-state index is 12.1. The first kappa shape index (κ1) is 12.7. The van der Waals surface area contributed by atoms with Gasteiger partial charge in [0, 0.05) is 12.5 Å². The fourth-order valence-electron chi connectivity index (χ4n) is 3.69. The number of aliphatic hydroxyl groups excluding tert-OH is 1. The second-order valence-corrected chi connectivity index (χ2v) is 5.95. The molecule has 1 aromatic rings. The Labute approximate surface area is 114 Å². The minimum absolute atomic E-state index is 0.141. The maximum atomic E-state index is 12.1. The number of fused-ring (bicyclic) bond motifs is 2. The molecule has 2 fully saturated rings. The Morgan fingerprint density at radius 1 is 1.26 bits per heavy atom. The number of aliphatic hydroxyl groups is 1. The zero-order chi connectivity index (χ0) is 13.2. The van der Waals surface area contributed by atoms with Gasteiger partial charge >= 0.3 is 0 Å². The lowest BCUT2D eigenvalue weighted by molar-refractivity contribution is -0.127. The lowest BCUT2D eigenvalue weighted by atomic mass is 9.88. The third-order valence-corrected chi connectivity index (χ3v) is 4.73. The number of nitrogens with one attached hydrogen (secondary N) is 1. The van der Waals surface area contributed by atoms with Gasteiger partial charge in [-0.15, -0.1) is 0 Å². The molecule has 2 N–H and O–H groups in total. The Balaban J connectivity index is 1.51. The van der Waals surface area contributed by atoms with Crippen LogP contribution in [0.3, 0.4) is 0 Å². The standard InChI is InChI=1S/C16H21NO2/c18-15(12-4-2-1-3-5-12)10-17-16(19)14-9-11-6-7-13(14)8-11/h1-5,11,13-15,18H,6-10H2,(H,17,19). The van der Waals surface area contributed by atoms with Crippen LogP contribution in [0.4, 0.5) is 0 Å². The van der Waals surface area contributed by atoms with Crippen molar-refractivity contribution in [2.45, 2.75) is 31.8 Å². The SMILES string of the molecule is O=C(NCC(O)c1ccccc1)C1CC2CCC1C2. The van der Waals surface area contributed by atoms with Gasteiger partial charge in [0.25, 0.3) is 0 Å². The first-order valence-corrected chi connectivity index (χ1v) is 7.24. The van der Waals surface area contributed by atoms with Crippen molar-refractivity contribution in [2.24, 2.45) is 17.8 Å². The Bertz CT molecular complexity index is 445. The number of carbonyl (C=O) groups excluding carboxylic acids is 1. The van der Waals surface area contributed by atoms with Gasteiger partial charge in [-0.25, -0.2) is 0 Å². The fourth-order valence-corrected chi connectivity index (χ4v) is 3.69. The summed E-state index contributed by atoms with van der Waals surface area (Å²) in [6, 6.07) is 9.49. The molecule has 2 saturated carbocycles. The van der Waals surface area contributed by atoms with Crippen LogP contribution in [0.15, 0.2) is 30.3 Å². The Kier molecular flexibility index (Phi) is 3.56. The summed E-state index contributed by atoms with van der Waals surface area (Å²) < 4.78 is 0. The first-order valence-electron chi connectivity index (χ1n) is 7.24. The molecule has 2 aliphatic rings. The van der Waals surface area contributed by atoms with Crippen LogP contribution in [-0.2, 0) is 4.79 Å². The van der Waals surface area contributed by atoms with Crippen LogP contribution in [0.25, 0.3) is 0 Å². The molecule has 0 heterocycles. The highest BCUT2D eigenvalue weighted by molar-refractivity contribution is 5.79. The molecular weight excluding hydrogens is 238 g/mol. The summed E-state index contributed by atoms with van der Waals surface area (Å²) >= 11 is 0. The van der Waals surface area contributed by atoms with Crippen LogP contribution in [0, 0.1) is 17.8 Å². The van der Waals surface area contributed by atoms with E-state index in [1.165, 1.54) is 19.3 Å². The molecule has 3 rings (SSSR count). The molecule has 3 heteroatoms. The molecule has 102 valence electrons. The van der Waals surface area contributed by atoms with Crippen molar-refractivity contribution in [3.63, 3.8) is 0 Å². The summed E-state index contributed by atoms with van der Waals surface area (Å²) in [5, 5.41) is 12.9. The number of carbonyl (C=O) groups is 1. The predicted octanol–water partition coefficient (Wildman–Crippen LogP) is 2.27. The third kappa shape index (κ3) is 2.66. The van der Waals surface area contributed by atoms with Gasteiger partial charge in [-0.1, -0.05) is 36.8 Å². The van der Waals surface area contributed by atoms with E-state index in [-0.39, 0.29) is 11.8 Å². The van der Waals surface area contributed by atoms with Crippen molar-refractivity contribution in [3.8, 4) is 0 Å². The molecule has 2 aliphatic carbocycles. The van der Waals surface area contributed by atoms with Crippen LogP contribution in [0.5, 0.6) is 0 Å². The number of hydrogen-bond acceptors (Lipinski definition) is 2. The maximum Gasteiger partial charge on any atom is 0.223 e. The molecule has 19 heavy (non-hydrogen) atoms. The molecular formula is C16H21NO2. The van der Waals surface area contributed by atoms with Gasteiger partial charge < -0.3 is 10.4 Å². The van der Waals surface area contributed by atoms with Crippen LogP contribution in [-0.4, -0.2) is 17.6 Å². The second-order valence-electron chi connectivity index (χ2n) is 5.95. The van der Waals surface area contributed by atoms with Crippen molar-refractivity contribution in [1.82, 2.24) is 5.32 Å². The number of benzene rings is 1. The van der Waals surface area contributed by atoms with Crippen LogP contribution >= 0.6 is 0 Å². The van der Waals surface area contributed by atoms with Crippen LogP contribution < -0.4 is 5.32 Å². The monoisotopic (exact) mass is 259 g/mol. The van der Waals surface area contributed by atoms with E-state index in [1.54, 1.807) is 0 Å². The second kappa shape index (κ2) is 5.33. The topological polar surface area (TPSA) is 49.3 Å². The highest BCUT2D eigenvalue weighted by Gasteiger charge is 2.42. The van der Waals surface area contributed by atoms with E-state index in [4.69, 9.17) is 0 Å². The van der Waals surface area contributed by atoms with Gasteiger partial charge in [0.15, 0.2) is 0 Å². The molecule has 0 spiro atoms. The molecule has 4 unspecified atom stereocenters. The molecule has 3 nitrogen and oxygen atoms in total. The molecule has 0 saturated heterocycles. The average molecular weight is 259 g/mol. The van der Waals surface area contributed by atoms with E-state index in [1.807, 2.05) is 30.3 Å². The largest absolute Gasteiger partial charge is 0.387 e. The summed E-state index contributed by atoms with van der Waals surface area (Å²) in [6.45, 7) is 0.316. The average Bonchev–Trinajstić information content (AvgIpc) is 3.08. The van der Waals surface area contributed by atoms with E-state index >= 15 is 0 Å². The summed E-state index contributed by atoms with van der Waals surface area (Å²) in [5.41, 5.74) is 0.857. The van der Waals surface area contributed by atoms with E-state index in [0.29, 0.717) is 12.5 Å². The lowest BCUT2D eigenvalue weighted by Gasteiger charge is -2.21. The van der Waals surface area contributed by atoms with E-state index in [9.17, 15) is 9.90 Å². The van der Waals surface area contributed by atoms with E-state index in [2.05, 4.69) is 5.32 Å². The zero-order valence-electron chi connectivity index (χ0n) is 11.1. The van der Waals surface area contributed by atoms with E-state index < -0.39 is 6.10 Å². The Morgan fingerprint density at radius 3 is 2.68 bits per heavy atom. The van der Waals surface area contributed by atoms with Gasteiger partial charge in [-0.3, -0.25) is 4.79 Å². The van der Waals surface area contributed by atoms with Gasteiger partial charge in [0.2, 0.25) is 5.91 Å². The summed E-state index contributed by atoms with van der Waals surface area (Å²) in [4.78, 5) is 12.1.